The highest BCUT2D eigenvalue weighted by Gasteiger charge is 2.38. The van der Waals surface area contributed by atoms with Crippen LogP contribution in [0.5, 0.6) is 0 Å². The quantitative estimate of drug-likeness (QED) is 0.862. The molecule has 6 heteroatoms. The Morgan fingerprint density at radius 2 is 1.97 bits per heavy atom. The molecule has 1 N–H and O–H groups in total. The van der Waals surface area contributed by atoms with Gasteiger partial charge in [-0.15, -0.1) is 0 Å². The standard InChI is InChI=1S/C23H28FN3O2/c24-16-7-10-26(11-8-16)13-15-12-18-19(22-17(15)4-3-9-25-22)14-27(23(18)29)20-5-1-2-6-21(20)28/h3-4,9,12,16,20-21,28H,1-2,5-8,10-11,13-14H2. The number of aliphatic hydroxyl groups is 1. The molecule has 2 aromatic rings. The summed E-state index contributed by atoms with van der Waals surface area (Å²) in [7, 11) is 0. The Labute approximate surface area is 170 Å². The van der Waals surface area contributed by atoms with Gasteiger partial charge in [-0.25, -0.2) is 4.39 Å². The Kier molecular flexibility index (Phi) is 5.00. The molecule has 154 valence electrons. The first-order valence-corrected chi connectivity index (χ1v) is 10.9. The number of halogens is 1. The van der Waals surface area contributed by atoms with E-state index in [1.54, 1.807) is 6.20 Å². The second-order valence-corrected chi connectivity index (χ2v) is 8.76. The summed E-state index contributed by atoms with van der Waals surface area (Å²) in [5.74, 6) is 0.0159. The van der Waals surface area contributed by atoms with E-state index in [0.29, 0.717) is 25.9 Å². The molecule has 0 spiro atoms. The van der Waals surface area contributed by atoms with Crippen molar-refractivity contribution in [1.29, 1.82) is 0 Å². The number of hydrogen-bond acceptors (Lipinski definition) is 4. The highest BCUT2D eigenvalue weighted by atomic mass is 19.1. The molecule has 29 heavy (non-hydrogen) atoms. The van der Waals surface area contributed by atoms with Crippen LogP contribution in [-0.2, 0) is 13.1 Å². The lowest BCUT2D eigenvalue weighted by Crippen LogP contribution is -2.45. The molecule has 3 aliphatic rings. The Morgan fingerprint density at radius 3 is 2.76 bits per heavy atom. The van der Waals surface area contributed by atoms with Gasteiger partial charge in [0.05, 0.1) is 17.7 Å². The van der Waals surface area contributed by atoms with Gasteiger partial charge >= 0.3 is 0 Å². The van der Waals surface area contributed by atoms with Crippen molar-refractivity contribution in [2.75, 3.05) is 13.1 Å². The van der Waals surface area contributed by atoms with E-state index in [2.05, 4.69) is 16.0 Å². The number of piperidine rings is 1. The normalized spacial score (nSPS) is 26.3. The minimum atomic E-state index is -0.693. The summed E-state index contributed by atoms with van der Waals surface area (Å²) < 4.78 is 13.5. The summed E-state index contributed by atoms with van der Waals surface area (Å²) >= 11 is 0. The van der Waals surface area contributed by atoms with Gasteiger partial charge in [0.15, 0.2) is 0 Å². The SMILES string of the molecule is O=C1c2cc(CN3CCC(F)CC3)c3cccnc3c2CN1C1CCCCC1O. The molecular weight excluding hydrogens is 369 g/mol. The third-order valence-corrected chi connectivity index (χ3v) is 6.91. The van der Waals surface area contributed by atoms with Gasteiger partial charge in [0.25, 0.3) is 5.91 Å². The van der Waals surface area contributed by atoms with Gasteiger partial charge in [-0.1, -0.05) is 18.9 Å². The van der Waals surface area contributed by atoms with Gasteiger partial charge in [0, 0.05) is 48.9 Å². The second-order valence-electron chi connectivity index (χ2n) is 8.76. The molecule has 1 saturated heterocycles. The predicted molar refractivity (Wildman–Crippen MR) is 109 cm³/mol. The highest BCUT2D eigenvalue weighted by Crippen LogP contribution is 2.36. The van der Waals surface area contributed by atoms with E-state index in [-0.39, 0.29) is 11.9 Å². The first-order valence-electron chi connectivity index (χ1n) is 10.9. The number of hydrogen-bond donors (Lipinski definition) is 1. The van der Waals surface area contributed by atoms with E-state index < -0.39 is 12.3 Å². The molecule has 1 amide bonds. The van der Waals surface area contributed by atoms with Crippen molar-refractivity contribution in [3.8, 4) is 0 Å². The minimum absolute atomic E-state index is 0.0159. The number of benzene rings is 1. The fourth-order valence-electron chi connectivity index (χ4n) is 5.27. The Balaban J connectivity index is 1.49. The van der Waals surface area contributed by atoms with Crippen LogP contribution in [0.4, 0.5) is 4.39 Å². The number of carbonyl (C=O) groups excluding carboxylic acids is 1. The molecule has 1 aliphatic carbocycles. The van der Waals surface area contributed by atoms with Crippen molar-refractivity contribution < 1.29 is 14.3 Å². The first kappa shape index (κ1) is 18.9. The third kappa shape index (κ3) is 3.42. The van der Waals surface area contributed by atoms with Crippen LogP contribution < -0.4 is 0 Å². The number of fused-ring (bicyclic) bond motifs is 3. The van der Waals surface area contributed by atoms with E-state index >= 15 is 0 Å². The lowest BCUT2D eigenvalue weighted by Gasteiger charge is -2.35. The molecule has 2 unspecified atom stereocenters. The van der Waals surface area contributed by atoms with Crippen molar-refractivity contribution >= 4 is 16.8 Å². The fourth-order valence-corrected chi connectivity index (χ4v) is 5.27. The minimum Gasteiger partial charge on any atom is -0.391 e. The number of rotatable bonds is 3. The second kappa shape index (κ2) is 7.65. The van der Waals surface area contributed by atoms with Crippen LogP contribution in [0.15, 0.2) is 24.4 Å². The van der Waals surface area contributed by atoms with Crippen molar-refractivity contribution in [1.82, 2.24) is 14.8 Å². The number of aliphatic hydroxyl groups excluding tert-OH is 1. The van der Waals surface area contributed by atoms with Gasteiger partial charge < -0.3 is 10.0 Å². The molecule has 2 aliphatic heterocycles. The molecule has 1 aromatic heterocycles. The average molecular weight is 397 g/mol. The van der Waals surface area contributed by atoms with Crippen LogP contribution in [0.3, 0.4) is 0 Å². The van der Waals surface area contributed by atoms with Crippen LogP contribution in [0.25, 0.3) is 10.9 Å². The summed E-state index contributed by atoms with van der Waals surface area (Å²) in [5.41, 5.74) is 3.68. The number of aromatic nitrogens is 1. The maximum Gasteiger partial charge on any atom is 0.254 e. The number of amides is 1. The van der Waals surface area contributed by atoms with E-state index in [4.69, 9.17) is 0 Å². The topological polar surface area (TPSA) is 56.7 Å². The zero-order valence-corrected chi connectivity index (χ0v) is 16.7. The molecule has 0 radical (unpaired) electrons. The van der Waals surface area contributed by atoms with Gasteiger partial charge in [0.2, 0.25) is 0 Å². The summed E-state index contributed by atoms with van der Waals surface area (Å²) in [5, 5.41) is 11.6. The summed E-state index contributed by atoms with van der Waals surface area (Å²) in [4.78, 5) is 22.1. The third-order valence-electron chi connectivity index (χ3n) is 6.91. The molecule has 5 nitrogen and oxygen atoms in total. The maximum atomic E-state index is 13.5. The molecular formula is C23H28FN3O2. The number of alkyl halides is 1. The number of pyridine rings is 1. The molecule has 2 fully saturated rings. The van der Waals surface area contributed by atoms with Gasteiger partial charge in [-0.05, 0) is 43.4 Å². The highest BCUT2D eigenvalue weighted by molar-refractivity contribution is 6.04. The molecule has 1 aromatic carbocycles. The predicted octanol–water partition coefficient (Wildman–Crippen LogP) is 3.43. The molecule has 3 heterocycles. The van der Waals surface area contributed by atoms with E-state index in [0.717, 1.165) is 66.4 Å². The first-order chi connectivity index (χ1) is 14.1. The van der Waals surface area contributed by atoms with Gasteiger partial charge in [-0.2, -0.15) is 0 Å². The van der Waals surface area contributed by atoms with Crippen molar-refractivity contribution in [2.24, 2.45) is 0 Å². The Morgan fingerprint density at radius 1 is 1.17 bits per heavy atom. The van der Waals surface area contributed by atoms with E-state index in [1.165, 1.54) is 0 Å². The smallest absolute Gasteiger partial charge is 0.254 e. The Hall–Kier alpha value is -2.05. The average Bonchev–Trinajstić information content (AvgIpc) is 3.07. The zero-order valence-electron chi connectivity index (χ0n) is 16.7. The van der Waals surface area contributed by atoms with E-state index in [1.807, 2.05) is 17.0 Å². The van der Waals surface area contributed by atoms with Crippen LogP contribution in [-0.4, -0.2) is 57.2 Å². The summed E-state index contributed by atoms with van der Waals surface area (Å²) in [6.45, 7) is 2.72. The number of carbonyl (C=O) groups is 1. The fraction of sp³-hybridized carbons (Fsp3) is 0.565. The largest absolute Gasteiger partial charge is 0.391 e. The van der Waals surface area contributed by atoms with Gasteiger partial charge in [0.1, 0.15) is 6.17 Å². The van der Waals surface area contributed by atoms with Crippen LogP contribution >= 0.6 is 0 Å². The number of likely N-dealkylation sites (tertiary alicyclic amines) is 1. The van der Waals surface area contributed by atoms with Crippen LogP contribution in [0.1, 0.15) is 60.0 Å². The zero-order chi connectivity index (χ0) is 20.0. The summed E-state index contributed by atoms with van der Waals surface area (Å²) in [6, 6.07) is 5.93. The van der Waals surface area contributed by atoms with Crippen LogP contribution in [0.2, 0.25) is 0 Å². The van der Waals surface area contributed by atoms with Crippen molar-refractivity contribution in [2.45, 2.75) is 69.9 Å². The lowest BCUT2D eigenvalue weighted by atomic mass is 9.91. The van der Waals surface area contributed by atoms with E-state index in [9.17, 15) is 14.3 Å². The van der Waals surface area contributed by atoms with Crippen molar-refractivity contribution in [3.63, 3.8) is 0 Å². The Bertz CT molecular complexity index is 926. The molecule has 5 rings (SSSR count). The van der Waals surface area contributed by atoms with Crippen molar-refractivity contribution in [3.05, 3.63) is 41.1 Å². The summed E-state index contributed by atoms with van der Waals surface area (Å²) in [6.07, 6.45) is 5.50. The lowest BCUT2D eigenvalue weighted by molar-refractivity contribution is 0.0192. The van der Waals surface area contributed by atoms with Gasteiger partial charge in [-0.3, -0.25) is 14.7 Å². The molecule has 1 saturated carbocycles. The molecule has 0 bridgehead atoms. The monoisotopic (exact) mass is 397 g/mol. The van der Waals surface area contributed by atoms with Crippen LogP contribution in [0, 0.1) is 0 Å². The maximum absolute atomic E-state index is 13.5. The molecule has 2 atom stereocenters. The number of nitrogens with zero attached hydrogens (tertiary/aromatic N) is 3.